The molecule has 0 atom stereocenters. The van der Waals surface area contributed by atoms with Crippen LogP contribution >= 0.6 is 0 Å². The van der Waals surface area contributed by atoms with E-state index in [1.807, 2.05) is 26.0 Å². The molecule has 0 aliphatic carbocycles. The van der Waals surface area contributed by atoms with Crippen LogP contribution in [0.3, 0.4) is 0 Å². The summed E-state index contributed by atoms with van der Waals surface area (Å²) in [4.78, 5) is 16.7. The molecule has 2 aromatic rings. The van der Waals surface area contributed by atoms with Gasteiger partial charge in [0.05, 0.1) is 4.90 Å². The first-order chi connectivity index (χ1) is 13.3. The molecule has 0 aromatic heterocycles. The van der Waals surface area contributed by atoms with E-state index in [4.69, 9.17) is 0 Å². The maximum absolute atomic E-state index is 12.1. The van der Waals surface area contributed by atoms with E-state index in [0.717, 1.165) is 36.1 Å². The number of amidine groups is 1. The lowest BCUT2D eigenvalue weighted by molar-refractivity contribution is -0.116. The van der Waals surface area contributed by atoms with Crippen LogP contribution < -0.4 is 10.0 Å². The summed E-state index contributed by atoms with van der Waals surface area (Å²) in [5, 5.41) is 2.94. The summed E-state index contributed by atoms with van der Waals surface area (Å²) in [7, 11) is -3.48. The molecule has 0 fully saturated rings. The molecule has 1 heterocycles. The first-order valence-corrected chi connectivity index (χ1v) is 10.9. The first-order valence-electron chi connectivity index (χ1n) is 9.40. The van der Waals surface area contributed by atoms with E-state index in [1.165, 1.54) is 0 Å². The number of sulfonamides is 1. The third-order valence-corrected chi connectivity index (χ3v) is 5.90. The Bertz CT molecular complexity index is 993. The van der Waals surface area contributed by atoms with E-state index < -0.39 is 10.0 Å². The minimum absolute atomic E-state index is 0.00814. The molecule has 1 amide bonds. The number of unbranched alkanes of at least 4 members (excludes halogenated alkanes) is 2. The Kier molecular flexibility index (Phi) is 6.14. The molecule has 0 unspecified atom stereocenters. The van der Waals surface area contributed by atoms with Gasteiger partial charge in [0.25, 0.3) is 10.0 Å². The Morgan fingerprint density at radius 1 is 1.04 bits per heavy atom. The quantitative estimate of drug-likeness (QED) is 0.698. The molecule has 148 valence electrons. The monoisotopic (exact) mass is 399 g/mol. The average molecular weight is 400 g/mol. The molecule has 28 heavy (non-hydrogen) atoms. The van der Waals surface area contributed by atoms with Crippen LogP contribution in [0.5, 0.6) is 0 Å². The van der Waals surface area contributed by atoms with Gasteiger partial charge in [0.2, 0.25) is 5.91 Å². The first kappa shape index (κ1) is 20.1. The van der Waals surface area contributed by atoms with Crippen LogP contribution in [0.4, 0.5) is 5.69 Å². The average Bonchev–Trinajstić information content (AvgIpc) is 2.88. The Morgan fingerprint density at radius 3 is 2.50 bits per heavy atom. The summed E-state index contributed by atoms with van der Waals surface area (Å²) in [6.07, 6.45) is 2.87. The van der Waals surface area contributed by atoms with Gasteiger partial charge in [-0.3, -0.25) is 14.5 Å². The van der Waals surface area contributed by atoms with Crippen LogP contribution in [0.2, 0.25) is 0 Å². The summed E-state index contributed by atoms with van der Waals surface area (Å²) < 4.78 is 26.6. The van der Waals surface area contributed by atoms with Crippen LogP contribution in [0.25, 0.3) is 0 Å². The summed E-state index contributed by atoms with van der Waals surface area (Å²) in [5.41, 5.74) is 3.70. The molecule has 0 saturated heterocycles. The fraction of sp³-hybridized carbons (Fsp3) is 0.333. The van der Waals surface area contributed by atoms with E-state index in [9.17, 15) is 13.2 Å². The Balaban J connectivity index is 1.42. The number of rotatable bonds is 7. The van der Waals surface area contributed by atoms with E-state index in [2.05, 4.69) is 21.1 Å². The molecule has 1 aliphatic heterocycles. The topological polar surface area (TPSA) is 87.6 Å². The number of carbonyl (C=O) groups is 1. The number of hydrogen-bond donors (Lipinski definition) is 2. The molecule has 1 aliphatic rings. The van der Waals surface area contributed by atoms with Gasteiger partial charge in [-0.2, -0.15) is 0 Å². The van der Waals surface area contributed by atoms with Crippen molar-refractivity contribution in [1.29, 1.82) is 0 Å². The van der Waals surface area contributed by atoms with Gasteiger partial charge in [-0.05, 0) is 62.1 Å². The highest BCUT2D eigenvalue weighted by Crippen LogP contribution is 2.22. The van der Waals surface area contributed by atoms with Crippen molar-refractivity contribution < 1.29 is 13.2 Å². The summed E-state index contributed by atoms with van der Waals surface area (Å²) in [6, 6.07) is 12.8. The van der Waals surface area contributed by atoms with E-state index in [0.29, 0.717) is 24.4 Å². The zero-order valence-electron chi connectivity index (χ0n) is 16.2. The maximum Gasteiger partial charge on any atom is 0.263 e. The van der Waals surface area contributed by atoms with Crippen molar-refractivity contribution in [2.45, 2.75) is 44.4 Å². The number of anilines is 1. The standard InChI is InChI=1S/C21H25N3O3S/c1-15-12-16(2)14-17(13-15)23-20(25)10-4-3-7-11-22-21-18-8-5-6-9-19(18)28(26,27)24-21/h5-6,8-9,12-14H,3-4,7,10-11H2,1-2H3,(H,22,24)(H,23,25). The van der Waals surface area contributed by atoms with Crippen molar-refractivity contribution >= 4 is 27.5 Å². The summed E-state index contributed by atoms with van der Waals surface area (Å²) in [5.74, 6) is 0.414. The normalized spacial score (nSPS) is 15.9. The second-order valence-electron chi connectivity index (χ2n) is 7.07. The van der Waals surface area contributed by atoms with Crippen molar-refractivity contribution in [2.75, 3.05) is 11.9 Å². The van der Waals surface area contributed by atoms with Crippen LogP contribution in [0, 0.1) is 13.8 Å². The van der Waals surface area contributed by atoms with Crippen LogP contribution in [-0.4, -0.2) is 26.7 Å². The molecule has 0 spiro atoms. The number of amides is 1. The van der Waals surface area contributed by atoms with Gasteiger partial charge in [-0.25, -0.2) is 8.42 Å². The van der Waals surface area contributed by atoms with Gasteiger partial charge in [0.1, 0.15) is 5.84 Å². The van der Waals surface area contributed by atoms with Gasteiger partial charge in [0.15, 0.2) is 0 Å². The maximum atomic E-state index is 12.1. The Labute approximate surface area is 166 Å². The van der Waals surface area contributed by atoms with E-state index in [1.54, 1.807) is 24.3 Å². The third kappa shape index (κ3) is 4.98. The SMILES string of the molecule is Cc1cc(C)cc(NC(=O)CCCCCN=C2NS(=O)(=O)c3ccccc32)c1. The minimum Gasteiger partial charge on any atom is -0.326 e. The van der Waals surface area contributed by atoms with Crippen LogP contribution in [-0.2, 0) is 14.8 Å². The molecule has 0 bridgehead atoms. The number of fused-ring (bicyclic) bond motifs is 1. The predicted molar refractivity (Wildman–Crippen MR) is 111 cm³/mol. The molecule has 7 heteroatoms. The second-order valence-corrected chi connectivity index (χ2v) is 8.72. The minimum atomic E-state index is -3.48. The number of aryl methyl sites for hydroxylation is 2. The number of nitrogens with zero attached hydrogens (tertiary/aromatic N) is 1. The molecular weight excluding hydrogens is 374 g/mol. The number of carbonyl (C=O) groups excluding carboxylic acids is 1. The van der Waals surface area contributed by atoms with E-state index >= 15 is 0 Å². The van der Waals surface area contributed by atoms with Crippen LogP contribution in [0.1, 0.15) is 42.4 Å². The number of benzene rings is 2. The summed E-state index contributed by atoms with van der Waals surface area (Å²) in [6.45, 7) is 4.53. The molecule has 6 nitrogen and oxygen atoms in total. The van der Waals surface area contributed by atoms with Gasteiger partial charge in [0, 0.05) is 24.2 Å². The van der Waals surface area contributed by atoms with Crippen molar-refractivity contribution in [2.24, 2.45) is 4.99 Å². The highest BCUT2D eigenvalue weighted by atomic mass is 32.2. The predicted octanol–water partition coefficient (Wildman–Crippen LogP) is 3.54. The second kappa shape index (κ2) is 8.56. The van der Waals surface area contributed by atoms with Gasteiger partial charge in [-0.15, -0.1) is 0 Å². The lowest BCUT2D eigenvalue weighted by Gasteiger charge is -2.07. The number of nitrogens with one attached hydrogen (secondary N) is 2. The fourth-order valence-electron chi connectivity index (χ4n) is 3.29. The molecule has 0 radical (unpaired) electrons. The highest BCUT2D eigenvalue weighted by Gasteiger charge is 2.29. The number of hydrogen-bond acceptors (Lipinski definition) is 4. The van der Waals surface area contributed by atoms with Gasteiger partial charge < -0.3 is 5.32 Å². The fourth-order valence-corrected chi connectivity index (χ4v) is 4.54. The zero-order valence-corrected chi connectivity index (χ0v) is 17.0. The number of aliphatic imine (C=N–C) groups is 1. The lowest BCUT2D eigenvalue weighted by atomic mass is 10.1. The zero-order chi connectivity index (χ0) is 20.1. The molecule has 0 saturated carbocycles. The van der Waals surface area contributed by atoms with Gasteiger partial charge >= 0.3 is 0 Å². The van der Waals surface area contributed by atoms with E-state index in [-0.39, 0.29) is 10.8 Å². The smallest absolute Gasteiger partial charge is 0.263 e. The van der Waals surface area contributed by atoms with Crippen molar-refractivity contribution in [3.05, 3.63) is 59.2 Å². The third-order valence-electron chi connectivity index (χ3n) is 4.50. The van der Waals surface area contributed by atoms with Crippen molar-refractivity contribution in [3.8, 4) is 0 Å². The van der Waals surface area contributed by atoms with Crippen LogP contribution in [0.15, 0.2) is 52.4 Å². The molecular formula is C21H25N3O3S. The van der Waals surface area contributed by atoms with Gasteiger partial charge in [-0.1, -0.05) is 24.6 Å². The molecule has 2 N–H and O–H groups in total. The highest BCUT2D eigenvalue weighted by molar-refractivity contribution is 7.90. The Hall–Kier alpha value is -2.67. The van der Waals surface area contributed by atoms with Crippen molar-refractivity contribution in [3.63, 3.8) is 0 Å². The van der Waals surface area contributed by atoms with Crippen molar-refractivity contribution in [1.82, 2.24) is 4.72 Å². The summed E-state index contributed by atoms with van der Waals surface area (Å²) >= 11 is 0. The Morgan fingerprint density at radius 2 is 1.75 bits per heavy atom. The molecule has 2 aromatic carbocycles. The lowest BCUT2D eigenvalue weighted by Crippen LogP contribution is -2.22. The molecule has 3 rings (SSSR count). The largest absolute Gasteiger partial charge is 0.326 e.